The van der Waals surface area contributed by atoms with E-state index in [-0.39, 0.29) is 0 Å². The Bertz CT molecular complexity index is 1340. The minimum Gasteiger partial charge on any atom is -0.478 e. The molecule has 1 aliphatic carbocycles. The quantitative estimate of drug-likeness (QED) is 0.0934. The van der Waals surface area contributed by atoms with Crippen molar-refractivity contribution in [3.05, 3.63) is 100 Å². The normalized spacial score (nSPS) is 12.7. The van der Waals surface area contributed by atoms with Crippen LogP contribution < -0.4 is 11.1 Å². The lowest BCUT2D eigenvalue weighted by molar-refractivity contribution is -0.134. The van der Waals surface area contributed by atoms with Gasteiger partial charge in [-0.25, -0.2) is 24.2 Å². The fourth-order valence-corrected chi connectivity index (χ4v) is 3.54. The van der Waals surface area contributed by atoms with E-state index in [0.717, 1.165) is 34.0 Å². The van der Waals surface area contributed by atoms with Gasteiger partial charge in [-0.1, -0.05) is 42.6 Å². The van der Waals surface area contributed by atoms with Crippen LogP contribution in [-0.4, -0.2) is 67.9 Å². The third-order valence-electron chi connectivity index (χ3n) is 4.54. The van der Waals surface area contributed by atoms with Crippen molar-refractivity contribution < 1.29 is 39.6 Å². The SMILES string of the molecule is NC(=Nc1ccc(CCN=CNC2=CC=CCC2=S)cc1)c1cccs1.O=C(O)/C=C/C(=O)O.O=C(O)/C=C/C(=O)O. The fourth-order valence-electron chi connectivity index (χ4n) is 2.69. The molecule has 0 aliphatic heterocycles. The maximum Gasteiger partial charge on any atom is 0.328 e. The lowest BCUT2D eigenvalue weighted by Gasteiger charge is -2.09. The van der Waals surface area contributed by atoms with Crippen molar-refractivity contribution in [3.8, 4) is 0 Å². The summed E-state index contributed by atoms with van der Waals surface area (Å²) < 4.78 is 0. The summed E-state index contributed by atoms with van der Waals surface area (Å²) >= 11 is 6.87. The van der Waals surface area contributed by atoms with Crippen LogP contribution in [0.15, 0.2) is 100.0 Å². The summed E-state index contributed by atoms with van der Waals surface area (Å²) in [6.45, 7) is 0.711. The first kappa shape index (κ1) is 34.8. The summed E-state index contributed by atoms with van der Waals surface area (Å²) in [6, 6.07) is 12.0. The molecule has 0 atom stereocenters. The molecule has 0 amide bonds. The van der Waals surface area contributed by atoms with Gasteiger partial charge >= 0.3 is 23.9 Å². The number of rotatable bonds is 11. The van der Waals surface area contributed by atoms with E-state index in [4.69, 9.17) is 38.4 Å². The number of thiocarbonyl (C=S) groups is 1. The standard InChI is InChI=1S/C20H20N4S2.2C4H4O4/c21-20(19-6-3-13-26-19)24-16-9-7-15(8-10-16)11-12-22-14-23-17-4-1-2-5-18(17)25;2*5-3(6)1-2-4(7)8/h1-4,6-10,13-14H,5,11-12H2,(H2,21,24)(H,22,23);2*1-2H,(H,5,6)(H,7,8)/b;2*2-1+. The number of allylic oxidation sites excluding steroid dienone is 4. The second-order valence-corrected chi connectivity index (χ2v) is 9.17. The number of aliphatic imine (C=N–C) groups is 2. The monoisotopic (exact) mass is 612 g/mol. The van der Waals surface area contributed by atoms with Gasteiger partial charge < -0.3 is 31.5 Å². The number of hydrogen-bond donors (Lipinski definition) is 6. The van der Waals surface area contributed by atoms with Gasteiger partial charge in [-0.3, -0.25) is 4.99 Å². The van der Waals surface area contributed by atoms with Crippen LogP contribution in [0, 0.1) is 0 Å². The van der Waals surface area contributed by atoms with Gasteiger partial charge in [0, 0.05) is 42.1 Å². The summed E-state index contributed by atoms with van der Waals surface area (Å²) in [4.78, 5) is 49.0. The van der Waals surface area contributed by atoms with Crippen LogP contribution in [0.5, 0.6) is 0 Å². The van der Waals surface area contributed by atoms with Crippen molar-refractivity contribution in [1.29, 1.82) is 0 Å². The molecule has 0 saturated heterocycles. The topological polar surface area (TPSA) is 212 Å². The number of amidine groups is 1. The summed E-state index contributed by atoms with van der Waals surface area (Å²) in [5, 5.41) is 36.4. The number of thiophene rings is 1. The van der Waals surface area contributed by atoms with Crippen LogP contribution in [0.1, 0.15) is 16.9 Å². The molecule has 42 heavy (non-hydrogen) atoms. The second kappa shape index (κ2) is 19.8. The molecule has 0 spiro atoms. The number of aliphatic carboxylic acids is 4. The largest absolute Gasteiger partial charge is 0.478 e. The predicted molar refractivity (Wildman–Crippen MR) is 165 cm³/mol. The number of carboxylic acid groups (broad SMARTS) is 4. The average molecular weight is 613 g/mol. The molecule has 3 rings (SSSR count). The van der Waals surface area contributed by atoms with Gasteiger partial charge in [-0.15, -0.1) is 11.3 Å². The van der Waals surface area contributed by atoms with Gasteiger partial charge in [0.1, 0.15) is 5.84 Å². The first-order valence-electron chi connectivity index (χ1n) is 11.9. The molecule has 0 saturated carbocycles. The van der Waals surface area contributed by atoms with Gasteiger partial charge in [0.15, 0.2) is 0 Å². The number of hydrogen-bond acceptors (Lipinski definition) is 8. The van der Waals surface area contributed by atoms with Crippen molar-refractivity contribution in [2.45, 2.75) is 12.8 Å². The van der Waals surface area contributed by atoms with E-state index in [1.165, 1.54) is 5.56 Å². The highest BCUT2D eigenvalue weighted by Crippen LogP contribution is 2.16. The maximum atomic E-state index is 9.55. The molecule has 12 nitrogen and oxygen atoms in total. The minimum atomic E-state index is -1.26. The number of benzene rings is 1. The molecular formula is C28H28N4O8S2. The number of nitrogens with two attached hydrogens (primary N) is 1. The number of nitrogens with zero attached hydrogens (tertiary/aromatic N) is 2. The van der Waals surface area contributed by atoms with Crippen molar-refractivity contribution >= 4 is 70.2 Å². The van der Waals surface area contributed by atoms with Crippen LogP contribution in [0.3, 0.4) is 0 Å². The molecule has 0 unspecified atom stereocenters. The third kappa shape index (κ3) is 16.7. The first-order valence-corrected chi connectivity index (χ1v) is 13.2. The Hall–Kier alpha value is -5.21. The Balaban J connectivity index is 0.000000454. The number of carboxylic acids is 4. The minimum absolute atomic E-state index is 0.549. The zero-order chi connectivity index (χ0) is 31.3. The molecule has 220 valence electrons. The molecule has 2 aromatic rings. The van der Waals surface area contributed by atoms with Crippen molar-refractivity contribution in [1.82, 2.24) is 5.32 Å². The molecule has 1 heterocycles. The van der Waals surface area contributed by atoms with E-state index in [1.807, 2.05) is 47.9 Å². The Labute approximate surface area is 250 Å². The van der Waals surface area contributed by atoms with Crippen molar-refractivity contribution in [2.75, 3.05) is 6.54 Å². The molecule has 1 aliphatic rings. The average Bonchev–Trinajstić information content (AvgIpc) is 3.49. The van der Waals surface area contributed by atoms with Gasteiger partial charge in [0.05, 0.1) is 22.6 Å². The van der Waals surface area contributed by atoms with E-state index < -0.39 is 23.9 Å². The lowest BCUT2D eigenvalue weighted by atomic mass is 10.1. The third-order valence-corrected chi connectivity index (χ3v) is 5.82. The zero-order valence-corrected chi connectivity index (χ0v) is 23.6. The second-order valence-electron chi connectivity index (χ2n) is 7.73. The Morgan fingerprint density at radius 3 is 1.98 bits per heavy atom. The number of carbonyl (C=O) groups is 4. The predicted octanol–water partition coefficient (Wildman–Crippen LogP) is 3.58. The molecule has 7 N–H and O–H groups in total. The molecule has 0 fully saturated rings. The van der Waals surface area contributed by atoms with E-state index in [1.54, 1.807) is 17.7 Å². The molecule has 14 heteroatoms. The van der Waals surface area contributed by atoms with Crippen LogP contribution in [0.25, 0.3) is 0 Å². The van der Waals surface area contributed by atoms with Gasteiger partial charge in [0.25, 0.3) is 0 Å². The maximum absolute atomic E-state index is 9.55. The van der Waals surface area contributed by atoms with E-state index >= 15 is 0 Å². The van der Waals surface area contributed by atoms with Crippen molar-refractivity contribution in [3.63, 3.8) is 0 Å². The Kier molecular flexibility index (Phi) is 16.4. The van der Waals surface area contributed by atoms with Crippen LogP contribution in [0.4, 0.5) is 5.69 Å². The van der Waals surface area contributed by atoms with Crippen LogP contribution in [-0.2, 0) is 25.6 Å². The van der Waals surface area contributed by atoms with E-state index in [2.05, 4.69) is 27.4 Å². The Morgan fingerprint density at radius 1 is 0.929 bits per heavy atom. The number of nitrogens with one attached hydrogen (secondary N) is 1. The zero-order valence-electron chi connectivity index (χ0n) is 22.0. The van der Waals surface area contributed by atoms with Gasteiger partial charge in [0.2, 0.25) is 0 Å². The van der Waals surface area contributed by atoms with Crippen LogP contribution in [0.2, 0.25) is 0 Å². The Morgan fingerprint density at radius 2 is 1.50 bits per heavy atom. The smallest absolute Gasteiger partial charge is 0.328 e. The summed E-state index contributed by atoms with van der Waals surface area (Å²) in [6.07, 6.45) is 11.7. The highest BCUT2D eigenvalue weighted by molar-refractivity contribution is 7.80. The highest BCUT2D eigenvalue weighted by atomic mass is 32.1. The van der Waals surface area contributed by atoms with Crippen LogP contribution >= 0.6 is 23.6 Å². The van der Waals surface area contributed by atoms with E-state index in [0.29, 0.717) is 36.7 Å². The lowest BCUT2D eigenvalue weighted by Crippen LogP contribution is -2.18. The summed E-state index contributed by atoms with van der Waals surface area (Å²) in [5.41, 5.74) is 9.04. The van der Waals surface area contributed by atoms with E-state index in [9.17, 15) is 19.2 Å². The highest BCUT2D eigenvalue weighted by Gasteiger charge is 2.04. The molecular weight excluding hydrogens is 584 g/mol. The molecule has 0 radical (unpaired) electrons. The van der Waals surface area contributed by atoms with Crippen molar-refractivity contribution in [2.24, 2.45) is 15.7 Å². The molecule has 1 aromatic carbocycles. The van der Waals surface area contributed by atoms with Gasteiger partial charge in [-0.05, 0) is 41.6 Å². The fraction of sp³-hybridized carbons (Fsp3) is 0.107. The molecule has 1 aromatic heterocycles. The summed E-state index contributed by atoms with van der Waals surface area (Å²) in [7, 11) is 0. The van der Waals surface area contributed by atoms with Gasteiger partial charge in [-0.2, -0.15) is 0 Å². The summed E-state index contributed by atoms with van der Waals surface area (Å²) in [5.74, 6) is -4.48. The first-order chi connectivity index (χ1) is 20.0. The molecule has 0 bridgehead atoms.